The van der Waals surface area contributed by atoms with Gasteiger partial charge >= 0.3 is 0 Å². The standard InChI is InChI=1S/C22H28FN7O2/c1-32-9-8-30-19-10-14(7-6-13(19)12-26-30)27-21-15(20(25)31)11-16(23)22(29-21)28-18-5-3-2-4-17(18)24/h6-7,10-12,17-18H,2-5,8-9,24H2,1H3,(H2,25,31)(H2,27,28,29). The van der Waals surface area contributed by atoms with E-state index in [1.165, 1.54) is 0 Å². The van der Waals surface area contributed by atoms with E-state index in [1.807, 2.05) is 22.9 Å². The molecule has 2 atom stereocenters. The summed E-state index contributed by atoms with van der Waals surface area (Å²) in [5.41, 5.74) is 13.2. The smallest absolute Gasteiger partial charge is 0.252 e. The monoisotopic (exact) mass is 441 g/mol. The van der Waals surface area contributed by atoms with Crippen molar-refractivity contribution >= 4 is 34.1 Å². The summed E-state index contributed by atoms with van der Waals surface area (Å²) in [4.78, 5) is 16.3. The highest BCUT2D eigenvalue weighted by Gasteiger charge is 2.24. The molecule has 0 aliphatic heterocycles. The molecule has 9 nitrogen and oxygen atoms in total. The molecule has 3 aromatic rings. The minimum atomic E-state index is -0.772. The molecule has 1 saturated carbocycles. The Morgan fingerprint density at radius 1 is 1.28 bits per heavy atom. The first-order valence-electron chi connectivity index (χ1n) is 10.7. The van der Waals surface area contributed by atoms with E-state index >= 15 is 0 Å². The SMILES string of the molecule is COCCn1ncc2ccc(Nc3nc(NC4CCCCC4N)c(F)cc3C(N)=O)cc21. The fourth-order valence-electron chi connectivity index (χ4n) is 4.03. The molecule has 0 spiro atoms. The maximum Gasteiger partial charge on any atom is 0.252 e. The van der Waals surface area contributed by atoms with Crippen LogP contribution in [-0.2, 0) is 11.3 Å². The predicted octanol–water partition coefficient (Wildman–Crippen LogP) is 2.74. The normalized spacial score (nSPS) is 18.6. The Labute approximate surface area is 185 Å². The molecule has 0 bridgehead atoms. The van der Waals surface area contributed by atoms with E-state index in [9.17, 15) is 9.18 Å². The van der Waals surface area contributed by atoms with Crippen molar-refractivity contribution in [3.8, 4) is 0 Å². The molecule has 1 aromatic carbocycles. The number of methoxy groups -OCH3 is 1. The number of rotatable bonds is 8. The number of anilines is 3. The van der Waals surface area contributed by atoms with Crippen LogP contribution in [0.5, 0.6) is 0 Å². The largest absolute Gasteiger partial charge is 0.383 e. The van der Waals surface area contributed by atoms with Gasteiger partial charge in [-0.2, -0.15) is 5.10 Å². The van der Waals surface area contributed by atoms with Crippen molar-refractivity contribution < 1.29 is 13.9 Å². The van der Waals surface area contributed by atoms with Crippen LogP contribution in [0.15, 0.2) is 30.5 Å². The zero-order valence-corrected chi connectivity index (χ0v) is 18.0. The van der Waals surface area contributed by atoms with Crippen molar-refractivity contribution in [2.75, 3.05) is 24.4 Å². The Morgan fingerprint density at radius 2 is 2.09 bits per heavy atom. The van der Waals surface area contributed by atoms with E-state index in [-0.39, 0.29) is 29.3 Å². The van der Waals surface area contributed by atoms with Gasteiger partial charge < -0.3 is 26.8 Å². The summed E-state index contributed by atoms with van der Waals surface area (Å²) in [7, 11) is 1.63. The summed E-state index contributed by atoms with van der Waals surface area (Å²) in [5, 5.41) is 11.6. The van der Waals surface area contributed by atoms with Crippen LogP contribution >= 0.6 is 0 Å². The number of amides is 1. The molecule has 170 valence electrons. The van der Waals surface area contributed by atoms with Gasteiger partial charge in [-0.1, -0.05) is 12.8 Å². The minimum Gasteiger partial charge on any atom is -0.383 e. The fraction of sp³-hybridized carbons (Fsp3) is 0.409. The van der Waals surface area contributed by atoms with Gasteiger partial charge in [-0.3, -0.25) is 9.48 Å². The molecule has 1 aliphatic carbocycles. The molecule has 0 saturated heterocycles. The van der Waals surface area contributed by atoms with E-state index in [1.54, 1.807) is 13.3 Å². The van der Waals surface area contributed by atoms with Crippen LogP contribution in [0, 0.1) is 5.82 Å². The number of primary amides is 1. The number of carbonyl (C=O) groups excluding carboxylic acids is 1. The first-order valence-corrected chi connectivity index (χ1v) is 10.7. The lowest BCUT2D eigenvalue weighted by molar-refractivity contribution is 0.100. The van der Waals surface area contributed by atoms with Gasteiger partial charge in [0.1, 0.15) is 5.82 Å². The number of hydrogen-bond donors (Lipinski definition) is 4. The van der Waals surface area contributed by atoms with E-state index in [2.05, 4.69) is 20.7 Å². The molecule has 0 radical (unpaired) electrons. The molecule has 10 heteroatoms. The maximum atomic E-state index is 14.7. The topological polar surface area (TPSA) is 133 Å². The van der Waals surface area contributed by atoms with Gasteiger partial charge in [0.25, 0.3) is 5.91 Å². The first-order chi connectivity index (χ1) is 15.5. The molecular formula is C22H28FN7O2. The highest BCUT2D eigenvalue weighted by Crippen LogP contribution is 2.28. The Hall–Kier alpha value is -3.24. The second-order valence-corrected chi connectivity index (χ2v) is 8.04. The zero-order chi connectivity index (χ0) is 22.7. The van der Waals surface area contributed by atoms with Gasteiger partial charge in [0.05, 0.1) is 30.4 Å². The minimum absolute atomic E-state index is 0.0334. The number of benzene rings is 1. The first kappa shape index (κ1) is 22.0. The van der Waals surface area contributed by atoms with Crippen molar-refractivity contribution in [3.05, 3.63) is 41.8 Å². The Balaban J connectivity index is 1.65. The second-order valence-electron chi connectivity index (χ2n) is 8.04. The molecule has 1 fully saturated rings. The van der Waals surface area contributed by atoms with Gasteiger partial charge in [-0.05, 0) is 37.1 Å². The number of ether oxygens (including phenoxy) is 1. The van der Waals surface area contributed by atoms with Crippen LogP contribution in [-0.4, -0.2) is 46.5 Å². The number of pyridine rings is 1. The third-order valence-electron chi connectivity index (χ3n) is 5.80. The lowest BCUT2D eigenvalue weighted by atomic mass is 9.91. The highest BCUT2D eigenvalue weighted by molar-refractivity contribution is 5.99. The number of nitrogens with two attached hydrogens (primary N) is 2. The molecule has 32 heavy (non-hydrogen) atoms. The molecule has 2 unspecified atom stereocenters. The molecule has 2 aromatic heterocycles. The van der Waals surface area contributed by atoms with Crippen LogP contribution < -0.4 is 22.1 Å². The summed E-state index contributed by atoms with van der Waals surface area (Å²) < 4.78 is 21.7. The summed E-state index contributed by atoms with van der Waals surface area (Å²) in [5.74, 6) is -1.19. The van der Waals surface area contributed by atoms with Gasteiger partial charge in [-0.15, -0.1) is 0 Å². The predicted molar refractivity (Wildman–Crippen MR) is 121 cm³/mol. The summed E-state index contributed by atoms with van der Waals surface area (Å²) in [6.45, 7) is 1.12. The molecular weight excluding hydrogens is 413 g/mol. The van der Waals surface area contributed by atoms with Gasteiger partial charge in [0, 0.05) is 30.3 Å². The van der Waals surface area contributed by atoms with E-state index < -0.39 is 11.7 Å². The van der Waals surface area contributed by atoms with Crippen LogP contribution in [0.3, 0.4) is 0 Å². The number of nitrogens with one attached hydrogen (secondary N) is 2. The lowest BCUT2D eigenvalue weighted by Gasteiger charge is -2.30. The van der Waals surface area contributed by atoms with Crippen LogP contribution in [0.1, 0.15) is 36.0 Å². The van der Waals surface area contributed by atoms with Crippen molar-refractivity contribution in [3.63, 3.8) is 0 Å². The van der Waals surface area contributed by atoms with Gasteiger partial charge in [-0.25, -0.2) is 9.37 Å². The average Bonchev–Trinajstić information content (AvgIpc) is 3.18. The molecule has 1 amide bonds. The summed E-state index contributed by atoms with van der Waals surface area (Å²) in [6.07, 6.45) is 5.57. The van der Waals surface area contributed by atoms with Crippen molar-refractivity contribution in [2.45, 2.75) is 44.3 Å². The Morgan fingerprint density at radius 3 is 2.84 bits per heavy atom. The summed E-state index contributed by atoms with van der Waals surface area (Å²) in [6, 6.07) is 6.58. The van der Waals surface area contributed by atoms with Crippen molar-refractivity contribution in [1.29, 1.82) is 0 Å². The third kappa shape index (κ3) is 4.66. The number of halogens is 1. The van der Waals surface area contributed by atoms with E-state index in [0.717, 1.165) is 42.7 Å². The number of nitrogens with zero attached hydrogens (tertiary/aromatic N) is 3. The van der Waals surface area contributed by atoms with Crippen LogP contribution in [0.2, 0.25) is 0 Å². The Kier molecular flexibility index (Phi) is 6.52. The van der Waals surface area contributed by atoms with Crippen molar-refractivity contribution in [2.24, 2.45) is 11.5 Å². The van der Waals surface area contributed by atoms with Crippen molar-refractivity contribution in [1.82, 2.24) is 14.8 Å². The third-order valence-corrected chi connectivity index (χ3v) is 5.80. The summed E-state index contributed by atoms with van der Waals surface area (Å²) >= 11 is 0. The van der Waals surface area contributed by atoms with E-state index in [4.69, 9.17) is 16.2 Å². The zero-order valence-electron chi connectivity index (χ0n) is 18.0. The second kappa shape index (κ2) is 9.49. The quantitative estimate of drug-likeness (QED) is 0.422. The number of hydrogen-bond acceptors (Lipinski definition) is 7. The maximum absolute atomic E-state index is 14.7. The molecule has 1 aliphatic rings. The number of fused-ring (bicyclic) bond motifs is 1. The number of carbonyl (C=O) groups is 1. The average molecular weight is 442 g/mol. The Bertz CT molecular complexity index is 1120. The van der Waals surface area contributed by atoms with E-state index in [0.29, 0.717) is 18.8 Å². The van der Waals surface area contributed by atoms with Gasteiger partial charge in [0.15, 0.2) is 11.6 Å². The molecule has 4 rings (SSSR count). The van der Waals surface area contributed by atoms with Crippen LogP contribution in [0.25, 0.3) is 10.9 Å². The fourth-order valence-corrected chi connectivity index (χ4v) is 4.03. The number of aromatic nitrogens is 3. The van der Waals surface area contributed by atoms with Crippen LogP contribution in [0.4, 0.5) is 21.7 Å². The molecule has 2 heterocycles. The highest BCUT2D eigenvalue weighted by atomic mass is 19.1. The molecule has 6 N–H and O–H groups in total. The lowest BCUT2D eigenvalue weighted by Crippen LogP contribution is -2.43. The van der Waals surface area contributed by atoms with Gasteiger partial charge in [0.2, 0.25) is 0 Å².